The lowest BCUT2D eigenvalue weighted by atomic mass is 9.98. The zero-order valence-corrected chi connectivity index (χ0v) is 10.8. The molecule has 2 aromatic rings. The normalized spacial score (nSPS) is 11.6. The van der Waals surface area contributed by atoms with Crippen molar-refractivity contribution < 1.29 is 5.11 Å². The van der Waals surface area contributed by atoms with Crippen molar-refractivity contribution in [3.8, 4) is 11.3 Å². The summed E-state index contributed by atoms with van der Waals surface area (Å²) in [5.41, 5.74) is 0.0877. The Labute approximate surface area is 109 Å². The van der Waals surface area contributed by atoms with Gasteiger partial charge in [0.05, 0.1) is 16.9 Å². The second kappa shape index (κ2) is 4.55. The summed E-state index contributed by atoms with van der Waals surface area (Å²) in [4.78, 5) is 11.6. The summed E-state index contributed by atoms with van der Waals surface area (Å²) < 4.78 is 0. The van der Waals surface area contributed by atoms with Gasteiger partial charge >= 0.3 is 0 Å². The van der Waals surface area contributed by atoms with Crippen molar-refractivity contribution in [1.29, 1.82) is 0 Å². The van der Waals surface area contributed by atoms with Gasteiger partial charge in [-0.2, -0.15) is 5.10 Å². The van der Waals surface area contributed by atoms with Gasteiger partial charge in [-0.1, -0.05) is 23.7 Å². The Morgan fingerprint density at radius 3 is 2.44 bits per heavy atom. The molecule has 0 amide bonds. The summed E-state index contributed by atoms with van der Waals surface area (Å²) in [6, 6.07) is 8.68. The number of halogens is 1. The number of rotatable bonds is 2. The largest absolute Gasteiger partial charge is 0.386 e. The standard InChI is InChI=1S/C13H13ClN2O2/c1-13(2,18)10-7-11(15-16-12(10)17)8-3-5-9(14)6-4-8/h3-7,18H,1-2H3,(H,16,17). The Morgan fingerprint density at radius 2 is 1.89 bits per heavy atom. The van der Waals surface area contributed by atoms with Crippen molar-refractivity contribution in [2.24, 2.45) is 0 Å². The van der Waals surface area contributed by atoms with Gasteiger partial charge in [0.25, 0.3) is 5.56 Å². The monoisotopic (exact) mass is 264 g/mol. The number of H-pyrrole nitrogens is 1. The first-order valence-electron chi connectivity index (χ1n) is 5.46. The van der Waals surface area contributed by atoms with Crippen LogP contribution >= 0.6 is 11.6 Å². The van der Waals surface area contributed by atoms with Gasteiger partial charge in [0.2, 0.25) is 0 Å². The van der Waals surface area contributed by atoms with E-state index in [-0.39, 0.29) is 11.1 Å². The third-order valence-corrected chi connectivity index (χ3v) is 2.85. The molecule has 2 rings (SSSR count). The number of benzene rings is 1. The maximum atomic E-state index is 11.6. The van der Waals surface area contributed by atoms with Gasteiger partial charge in [0.1, 0.15) is 0 Å². The Morgan fingerprint density at radius 1 is 1.28 bits per heavy atom. The van der Waals surface area contributed by atoms with Crippen LogP contribution in [0.1, 0.15) is 19.4 Å². The molecule has 1 heterocycles. The number of nitrogens with one attached hydrogen (secondary N) is 1. The van der Waals surface area contributed by atoms with Gasteiger partial charge in [-0.3, -0.25) is 4.79 Å². The molecule has 0 aliphatic heterocycles. The molecule has 0 aliphatic rings. The van der Waals surface area contributed by atoms with Crippen LogP contribution in [0, 0.1) is 0 Å². The molecule has 0 fully saturated rings. The topological polar surface area (TPSA) is 66.0 Å². The van der Waals surface area contributed by atoms with Gasteiger partial charge in [0, 0.05) is 10.6 Å². The van der Waals surface area contributed by atoms with Crippen LogP contribution in [0.2, 0.25) is 5.02 Å². The van der Waals surface area contributed by atoms with E-state index in [0.29, 0.717) is 10.7 Å². The molecule has 0 aliphatic carbocycles. The van der Waals surface area contributed by atoms with E-state index >= 15 is 0 Å². The minimum Gasteiger partial charge on any atom is -0.386 e. The summed E-state index contributed by atoms with van der Waals surface area (Å²) in [5, 5.41) is 16.9. The van der Waals surface area contributed by atoms with Gasteiger partial charge in [0.15, 0.2) is 0 Å². The van der Waals surface area contributed by atoms with Crippen LogP contribution in [0.15, 0.2) is 35.1 Å². The highest BCUT2D eigenvalue weighted by atomic mass is 35.5. The van der Waals surface area contributed by atoms with E-state index in [0.717, 1.165) is 5.56 Å². The fourth-order valence-electron chi connectivity index (χ4n) is 1.63. The molecular weight excluding hydrogens is 252 g/mol. The number of nitrogens with zero attached hydrogens (tertiary/aromatic N) is 1. The SMILES string of the molecule is CC(C)(O)c1cc(-c2ccc(Cl)cc2)n[nH]c1=O. The van der Waals surface area contributed by atoms with Gasteiger partial charge in [-0.15, -0.1) is 0 Å². The van der Waals surface area contributed by atoms with Crippen molar-refractivity contribution >= 4 is 11.6 Å². The predicted octanol–water partition coefficient (Wildman–Crippen LogP) is 2.32. The van der Waals surface area contributed by atoms with E-state index in [1.165, 1.54) is 0 Å². The lowest BCUT2D eigenvalue weighted by Gasteiger charge is -2.16. The van der Waals surface area contributed by atoms with E-state index in [9.17, 15) is 9.90 Å². The molecule has 4 nitrogen and oxygen atoms in total. The van der Waals surface area contributed by atoms with Crippen LogP contribution in [0.3, 0.4) is 0 Å². The van der Waals surface area contributed by atoms with Crippen LogP contribution in [0.5, 0.6) is 0 Å². The molecule has 2 N–H and O–H groups in total. The zero-order valence-electron chi connectivity index (χ0n) is 10.1. The molecule has 0 bridgehead atoms. The number of aromatic nitrogens is 2. The minimum absolute atomic E-state index is 0.280. The van der Waals surface area contributed by atoms with E-state index < -0.39 is 5.60 Å². The van der Waals surface area contributed by atoms with E-state index in [2.05, 4.69) is 10.2 Å². The van der Waals surface area contributed by atoms with Gasteiger partial charge in [-0.25, -0.2) is 5.10 Å². The summed E-state index contributed by atoms with van der Waals surface area (Å²) >= 11 is 5.81. The summed E-state index contributed by atoms with van der Waals surface area (Å²) in [6.07, 6.45) is 0. The fraction of sp³-hybridized carbons (Fsp3) is 0.231. The van der Waals surface area contributed by atoms with Crippen LogP contribution in [0.4, 0.5) is 0 Å². The zero-order chi connectivity index (χ0) is 13.3. The quantitative estimate of drug-likeness (QED) is 0.875. The number of hydrogen-bond donors (Lipinski definition) is 2. The maximum absolute atomic E-state index is 11.6. The maximum Gasteiger partial charge on any atom is 0.270 e. The molecule has 0 spiro atoms. The second-order valence-corrected chi connectivity index (χ2v) is 5.00. The summed E-state index contributed by atoms with van der Waals surface area (Å²) in [7, 11) is 0. The van der Waals surface area contributed by atoms with Crippen molar-refractivity contribution in [1.82, 2.24) is 10.2 Å². The highest BCUT2D eigenvalue weighted by molar-refractivity contribution is 6.30. The van der Waals surface area contributed by atoms with Crippen molar-refractivity contribution in [2.75, 3.05) is 0 Å². The first kappa shape index (κ1) is 12.8. The molecule has 0 atom stereocenters. The van der Waals surface area contributed by atoms with Crippen molar-refractivity contribution in [3.05, 3.63) is 51.3 Å². The van der Waals surface area contributed by atoms with Crippen LogP contribution in [0.25, 0.3) is 11.3 Å². The molecule has 18 heavy (non-hydrogen) atoms. The molecular formula is C13H13ClN2O2. The molecule has 5 heteroatoms. The van der Waals surface area contributed by atoms with E-state index in [4.69, 9.17) is 11.6 Å². The predicted molar refractivity (Wildman–Crippen MR) is 70.5 cm³/mol. The number of hydrogen-bond acceptors (Lipinski definition) is 3. The highest BCUT2D eigenvalue weighted by Gasteiger charge is 2.21. The first-order valence-corrected chi connectivity index (χ1v) is 5.84. The number of aliphatic hydroxyl groups is 1. The Kier molecular flexibility index (Phi) is 3.24. The molecule has 94 valence electrons. The fourth-order valence-corrected chi connectivity index (χ4v) is 1.75. The molecule has 0 radical (unpaired) electrons. The molecule has 0 unspecified atom stereocenters. The Hall–Kier alpha value is -1.65. The minimum atomic E-state index is -1.21. The van der Waals surface area contributed by atoms with Crippen molar-refractivity contribution in [3.63, 3.8) is 0 Å². The Balaban J connectivity index is 2.54. The van der Waals surface area contributed by atoms with Gasteiger partial charge in [-0.05, 0) is 32.0 Å². The van der Waals surface area contributed by atoms with Crippen LogP contribution in [-0.4, -0.2) is 15.3 Å². The van der Waals surface area contributed by atoms with Crippen LogP contribution < -0.4 is 5.56 Å². The second-order valence-electron chi connectivity index (χ2n) is 4.56. The first-order chi connectivity index (χ1) is 8.38. The lowest BCUT2D eigenvalue weighted by molar-refractivity contribution is 0.0769. The molecule has 1 aromatic carbocycles. The average Bonchev–Trinajstić information content (AvgIpc) is 2.29. The smallest absolute Gasteiger partial charge is 0.270 e. The Bertz CT molecular complexity index is 612. The summed E-state index contributed by atoms with van der Waals surface area (Å²) in [5.74, 6) is 0. The molecule has 0 saturated heterocycles. The van der Waals surface area contributed by atoms with Crippen LogP contribution in [-0.2, 0) is 5.60 Å². The summed E-state index contributed by atoms with van der Waals surface area (Å²) in [6.45, 7) is 3.12. The van der Waals surface area contributed by atoms with E-state index in [1.807, 2.05) is 0 Å². The molecule has 1 aromatic heterocycles. The van der Waals surface area contributed by atoms with E-state index in [1.54, 1.807) is 44.2 Å². The lowest BCUT2D eigenvalue weighted by Crippen LogP contribution is -2.27. The number of aromatic amines is 1. The van der Waals surface area contributed by atoms with Gasteiger partial charge < -0.3 is 5.11 Å². The third kappa shape index (κ3) is 2.60. The molecule has 0 saturated carbocycles. The third-order valence-electron chi connectivity index (χ3n) is 2.60. The average molecular weight is 265 g/mol. The highest BCUT2D eigenvalue weighted by Crippen LogP contribution is 2.22. The van der Waals surface area contributed by atoms with Crippen molar-refractivity contribution in [2.45, 2.75) is 19.4 Å².